The molecule has 1 fully saturated rings. The van der Waals surface area contributed by atoms with Crippen molar-refractivity contribution in [2.24, 2.45) is 0 Å². The highest BCUT2D eigenvalue weighted by Gasteiger charge is 2.30. The molecule has 5 rings (SSSR count). The van der Waals surface area contributed by atoms with Crippen molar-refractivity contribution in [2.75, 3.05) is 57.9 Å². The molecule has 3 amide bonds. The van der Waals surface area contributed by atoms with Crippen molar-refractivity contribution < 1.29 is 37.0 Å². The van der Waals surface area contributed by atoms with Crippen LogP contribution >= 0.6 is 0 Å². The highest BCUT2D eigenvalue weighted by Crippen LogP contribution is 2.34. The third-order valence-electron chi connectivity index (χ3n) is 8.17. The van der Waals surface area contributed by atoms with Crippen LogP contribution in [0.2, 0.25) is 0 Å². The summed E-state index contributed by atoms with van der Waals surface area (Å²) in [6, 6.07) is 16.6. The van der Waals surface area contributed by atoms with Crippen molar-refractivity contribution in [3.63, 3.8) is 0 Å². The molecule has 1 unspecified atom stereocenters. The molecule has 13 heteroatoms. The normalized spacial score (nSPS) is 16.1. The van der Waals surface area contributed by atoms with Gasteiger partial charge in [0.25, 0.3) is 5.91 Å². The number of sulfone groups is 1. The standard InChI is InChI=1S/C25H31N3O4.C9H11NO4S/c1-4-16-15-26-24(29)20-14-18(8-9-19(16)20)27-23(25(30)28-11-5-6-12-28)17-7-10-21(31-2)22(13-17)32-3;1-14-9(11)10-7-3-5-8(6-4-7)15(2,12)13/h7-10,13-14,16,23,27H,4-6,11-12,15H2,1-3H3,(H,26,29);3-6H,1-2H3,(H,10,11)/t16-,23?;/m0./s1. The van der Waals surface area contributed by atoms with Crippen molar-refractivity contribution in [3.8, 4) is 11.5 Å². The van der Waals surface area contributed by atoms with Gasteiger partial charge in [-0.25, -0.2) is 13.2 Å². The zero-order valence-corrected chi connectivity index (χ0v) is 28.1. The smallest absolute Gasteiger partial charge is 0.411 e. The summed E-state index contributed by atoms with van der Waals surface area (Å²) in [5, 5.41) is 8.79. The van der Waals surface area contributed by atoms with Gasteiger partial charge in [-0.1, -0.05) is 19.1 Å². The quantitative estimate of drug-likeness (QED) is 0.287. The Morgan fingerprint density at radius 1 is 0.936 bits per heavy atom. The highest BCUT2D eigenvalue weighted by molar-refractivity contribution is 7.90. The largest absolute Gasteiger partial charge is 0.493 e. The van der Waals surface area contributed by atoms with E-state index in [0.29, 0.717) is 35.2 Å². The molecule has 0 aliphatic carbocycles. The van der Waals surface area contributed by atoms with E-state index in [2.05, 4.69) is 27.6 Å². The maximum Gasteiger partial charge on any atom is 0.411 e. The van der Waals surface area contributed by atoms with Crippen LogP contribution in [-0.4, -0.2) is 78.4 Å². The molecule has 1 saturated heterocycles. The van der Waals surface area contributed by atoms with E-state index in [9.17, 15) is 22.8 Å². The Balaban J connectivity index is 0.000000280. The number of ether oxygens (including phenoxy) is 3. The second-order valence-corrected chi connectivity index (χ2v) is 13.3. The molecule has 3 N–H and O–H groups in total. The van der Waals surface area contributed by atoms with E-state index in [0.717, 1.165) is 55.4 Å². The van der Waals surface area contributed by atoms with E-state index in [1.54, 1.807) is 14.2 Å². The summed E-state index contributed by atoms with van der Waals surface area (Å²) < 4.78 is 37.4. The van der Waals surface area contributed by atoms with Gasteiger partial charge in [0.05, 0.1) is 26.2 Å². The second-order valence-electron chi connectivity index (χ2n) is 11.3. The summed E-state index contributed by atoms with van der Waals surface area (Å²) >= 11 is 0. The Labute approximate surface area is 275 Å². The Bertz CT molecular complexity index is 1690. The van der Waals surface area contributed by atoms with Crippen LogP contribution in [0.5, 0.6) is 11.5 Å². The van der Waals surface area contributed by atoms with Crippen LogP contribution < -0.4 is 25.4 Å². The molecule has 47 heavy (non-hydrogen) atoms. The SMILES string of the molecule is CC[C@H]1CNC(=O)c2cc(NC(C(=O)N3CCCC3)c3ccc(OC)c(OC)c3)ccc21.COC(=O)Nc1ccc(S(C)(=O)=O)cc1. The third kappa shape index (κ3) is 8.73. The average molecular weight is 667 g/mol. The molecule has 2 heterocycles. The molecule has 3 aromatic carbocycles. The van der Waals surface area contributed by atoms with Gasteiger partial charge in [-0.05, 0) is 78.9 Å². The Morgan fingerprint density at radius 2 is 1.60 bits per heavy atom. The average Bonchev–Trinajstić information content (AvgIpc) is 3.62. The van der Waals surface area contributed by atoms with E-state index >= 15 is 0 Å². The van der Waals surface area contributed by atoms with Gasteiger partial charge in [0.15, 0.2) is 21.3 Å². The van der Waals surface area contributed by atoms with Crippen molar-refractivity contribution >= 4 is 39.1 Å². The van der Waals surface area contributed by atoms with Crippen LogP contribution in [0.3, 0.4) is 0 Å². The van der Waals surface area contributed by atoms with E-state index in [-0.39, 0.29) is 16.7 Å². The van der Waals surface area contributed by atoms with Crippen LogP contribution in [0.1, 0.15) is 59.6 Å². The molecule has 3 aromatic rings. The molecule has 0 radical (unpaired) electrons. The third-order valence-corrected chi connectivity index (χ3v) is 9.30. The molecule has 0 saturated carbocycles. The first-order chi connectivity index (χ1) is 22.5. The van der Waals surface area contributed by atoms with Crippen LogP contribution in [0, 0.1) is 0 Å². The first-order valence-electron chi connectivity index (χ1n) is 15.3. The zero-order chi connectivity index (χ0) is 34.1. The summed E-state index contributed by atoms with van der Waals surface area (Å²) in [6.45, 7) is 4.31. The molecule has 0 bridgehead atoms. The monoisotopic (exact) mass is 666 g/mol. The van der Waals surface area contributed by atoms with E-state index < -0.39 is 22.0 Å². The van der Waals surface area contributed by atoms with Gasteiger partial charge < -0.3 is 29.7 Å². The second kappa shape index (κ2) is 15.7. The van der Waals surface area contributed by atoms with Crippen molar-refractivity contribution in [1.82, 2.24) is 10.2 Å². The number of benzene rings is 3. The molecule has 2 aliphatic heterocycles. The molecule has 2 atom stereocenters. The van der Waals surface area contributed by atoms with E-state index in [1.807, 2.05) is 41.3 Å². The number of nitrogens with one attached hydrogen (secondary N) is 3. The van der Waals surface area contributed by atoms with Gasteiger partial charge in [-0.2, -0.15) is 0 Å². The van der Waals surface area contributed by atoms with Gasteiger partial charge in [0.2, 0.25) is 5.91 Å². The number of anilines is 2. The summed E-state index contributed by atoms with van der Waals surface area (Å²) in [5.41, 5.74) is 3.74. The van der Waals surface area contributed by atoms with Gasteiger partial charge in [-0.3, -0.25) is 14.9 Å². The lowest BCUT2D eigenvalue weighted by molar-refractivity contribution is -0.131. The van der Waals surface area contributed by atoms with Crippen LogP contribution in [0.25, 0.3) is 0 Å². The van der Waals surface area contributed by atoms with Crippen LogP contribution in [0.4, 0.5) is 16.2 Å². The summed E-state index contributed by atoms with van der Waals surface area (Å²) in [4.78, 5) is 38.9. The predicted molar refractivity (Wildman–Crippen MR) is 179 cm³/mol. The van der Waals surface area contributed by atoms with Crippen molar-refractivity contribution in [1.29, 1.82) is 0 Å². The highest BCUT2D eigenvalue weighted by atomic mass is 32.2. The number of fused-ring (bicyclic) bond motifs is 1. The lowest BCUT2D eigenvalue weighted by Gasteiger charge is -2.28. The fraction of sp³-hybridized carbons (Fsp3) is 0.382. The maximum atomic E-state index is 13.5. The lowest BCUT2D eigenvalue weighted by atomic mass is 9.88. The summed E-state index contributed by atoms with van der Waals surface area (Å²) in [7, 11) is 1.22. The van der Waals surface area contributed by atoms with Gasteiger partial charge in [-0.15, -0.1) is 0 Å². The summed E-state index contributed by atoms with van der Waals surface area (Å²) in [5.74, 6) is 1.44. The van der Waals surface area contributed by atoms with Crippen molar-refractivity contribution in [2.45, 2.75) is 43.0 Å². The van der Waals surface area contributed by atoms with E-state index in [4.69, 9.17) is 9.47 Å². The number of amides is 3. The maximum absolute atomic E-state index is 13.5. The number of methoxy groups -OCH3 is 3. The molecule has 0 aromatic heterocycles. The number of hydrogen-bond acceptors (Lipinski definition) is 9. The fourth-order valence-corrected chi connectivity index (χ4v) is 6.18. The number of likely N-dealkylation sites (tertiary alicyclic amines) is 1. The van der Waals surface area contributed by atoms with Gasteiger partial charge >= 0.3 is 6.09 Å². The Kier molecular flexibility index (Phi) is 11.7. The Morgan fingerprint density at radius 3 is 2.19 bits per heavy atom. The molecule has 2 aliphatic rings. The van der Waals surface area contributed by atoms with E-state index in [1.165, 1.54) is 31.4 Å². The topological polar surface area (TPSA) is 152 Å². The minimum atomic E-state index is -3.20. The number of hydrogen-bond donors (Lipinski definition) is 3. The first-order valence-corrected chi connectivity index (χ1v) is 17.2. The molecule has 0 spiro atoms. The molecular weight excluding hydrogens is 624 g/mol. The minimum Gasteiger partial charge on any atom is -0.493 e. The first kappa shape index (κ1) is 35.1. The molecule has 12 nitrogen and oxygen atoms in total. The van der Waals surface area contributed by atoms with Gasteiger partial charge in [0, 0.05) is 48.7 Å². The zero-order valence-electron chi connectivity index (χ0n) is 27.3. The van der Waals surface area contributed by atoms with Crippen molar-refractivity contribution in [3.05, 3.63) is 77.4 Å². The summed E-state index contributed by atoms with van der Waals surface area (Å²) in [6.07, 6.45) is 3.52. The van der Waals surface area contributed by atoms with Crippen LogP contribution in [0.15, 0.2) is 65.6 Å². The Hall–Kier alpha value is -4.78. The number of nitrogens with zero attached hydrogens (tertiary/aromatic N) is 1. The predicted octanol–water partition coefficient (Wildman–Crippen LogP) is 4.98. The lowest BCUT2D eigenvalue weighted by Crippen LogP contribution is -2.36. The number of carbonyl (C=O) groups is 3. The molecular formula is C34H42N4O8S. The minimum absolute atomic E-state index is 0.0170. The number of carbonyl (C=O) groups excluding carboxylic acids is 3. The van der Waals surface area contributed by atoms with Gasteiger partial charge in [0.1, 0.15) is 6.04 Å². The number of rotatable bonds is 9. The molecule has 252 valence electrons. The fourth-order valence-electron chi connectivity index (χ4n) is 5.55. The van der Waals surface area contributed by atoms with Crippen LogP contribution in [-0.2, 0) is 19.4 Å².